The van der Waals surface area contributed by atoms with Crippen molar-refractivity contribution in [1.29, 1.82) is 0 Å². The van der Waals surface area contributed by atoms with Crippen molar-refractivity contribution in [1.82, 2.24) is 0 Å². The molecule has 1 aliphatic heterocycles. The Kier molecular flexibility index (Phi) is 4.75. The molecular weight excluding hydrogens is 408 g/mol. The molecule has 0 aromatic heterocycles. The van der Waals surface area contributed by atoms with Crippen LogP contribution in [0.15, 0.2) is 40.9 Å². The van der Waals surface area contributed by atoms with Crippen molar-refractivity contribution in [2.75, 3.05) is 17.2 Å². The monoisotopic (exact) mass is 422 g/mol. The fourth-order valence-electron chi connectivity index (χ4n) is 2.32. The maximum atomic E-state index is 12.5. The molecule has 130 valence electrons. The summed E-state index contributed by atoms with van der Waals surface area (Å²) in [6.07, 6.45) is 0. The van der Waals surface area contributed by atoms with Crippen LogP contribution in [0, 0.1) is 5.41 Å². The summed E-state index contributed by atoms with van der Waals surface area (Å²) in [6, 6.07) is 10.2. The number of ether oxygens (including phenoxy) is 1. The number of hydrogen-bond acceptors (Lipinski definition) is 3. The van der Waals surface area contributed by atoms with Crippen LogP contribution in [-0.4, -0.2) is 18.4 Å². The Balaban J connectivity index is 1.85. The van der Waals surface area contributed by atoms with E-state index in [1.165, 1.54) is 0 Å². The van der Waals surface area contributed by atoms with Crippen molar-refractivity contribution in [3.05, 3.63) is 51.5 Å². The molecule has 7 heteroatoms. The van der Waals surface area contributed by atoms with E-state index in [-0.39, 0.29) is 18.4 Å². The zero-order valence-corrected chi connectivity index (χ0v) is 16.0. The lowest BCUT2D eigenvalue weighted by Gasteiger charge is -2.18. The molecule has 3 rings (SSSR count). The summed E-state index contributed by atoms with van der Waals surface area (Å²) in [5.41, 5.74) is 0.774. The number of carbonyl (C=O) groups excluding carboxylic acids is 2. The molecule has 2 N–H and O–H groups in total. The van der Waals surface area contributed by atoms with Crippen LogP contribution in [-0.2, 0) is 4.79 Å². The van der Waals surface area contributed by atoms with Gasteiger partial charge in [0, 0.05) is 10.2 Å². The molecular formula is C18H16BrClN2O3. The van der Waals surface area contributed by atoms with Crippen LogP contribution in [0.3, 0.4) is 0 Å². The molecule has 0 fully saturated rings. The maximum absolute atomic E-state index is 12.5. The highest BCUT2D eigenvalue weighted by atomic mass is 79.9. The van der Waals surface area contributed by atoms with Gasteiger partial charge in [0.2, 0.25) is 5.91 Å². The largest absolute Gasteiger partial charge is 0.490 e. The number of halogens is 2. The fourth-order valence-corrected chi connectivity index (χ4v) is 2.88. The summed E-state index contributed by atoms with van der Waals surface area (Å²) in [6.45, 7) is 3.91. The van der Waals surface area contributed by atoms with Crippen LogP contribution in [0.4, 0.5) is 11.4 Å². The van der Waals surface area contributed by atoms with Gasteiger partial charge in [-0.15, -0.1) is 0 Å². The SMILES string of the molecule is CC1(C)COc2ccc(NC(=O)c3cc(Br)ccc3Cl)cc2NC1=O. The summed E-state index contributed by atoms with van der Waals surface area (Å²) in [4.78, 5) is 24.7. The summed E-state index contributed by atoms with van der Waals surface area (Å²) in [5.74, 6) is 0.0922. The number of nitrogens with one attached hydrogen (secondary N) is 2. The highest BCUT2D eigenvalue weighted by molar-refractivity contribution is 9.10. The van der Waals surface area contributed by atoms with Gasteiger partial charge in [0.15, 0.2) is 0 Å². The number of rotatable bonds is 2. The van der Waals surface area contributed by atoms with E-state index in [2.05, 4.69) is 26.6 Å². The summed E-state index contributed by atoms with van der Waals surface area (Å²) < 4.78 is 6.45. The third-order valence-electron chi connectivity index (χ3n) is 3.86. The molecule has 2 aromatic carbocycles. The van der Waals surface area contributed by atoms with Gasteiger partial charge in [-0.1, -0.05) is 27.5 Å². The average Bonchev–Trinajstić information content (AvgIpc) is 2.66. The minimum atomic E-state index is -0.633. The van der Waals surface area contributed by atoms with Gasteiger partial charge in [-0.2, -0.15) is 0 Å². The quantitative estimate of drug-likeness (QED) is 0.735. The predicted octanol–water partition coefficient (Wildman–Crippen LogP) is 4.71. The Labute approximate surface area is 158 Å². The molecule has 0 unspecified atom stereocenters. The topological polar surface area (TPSA) is 67.4 Å². The van der Waals surface area contributed by atoms with E-state index in [4.69, 9.17) is 16.3 Å². The number of benzene rings is 2. The van der Waals surface area contributed by atoms with Crippen molar-refractivity contribution in [2.45, 2.75) is 13.8 Å². The minimum absolute atomic E-state index is 0.134. The number of amides is 2. The molecule has 0 saturated carbocycles. The summed E-state index contributed by atoms with van der Waals surface area (Å²) in [7, 11) is 0. The highest BCUT2D eigenvalue weighted by Crippen LogP contribution is 2.34. The van der Waals surface area contributed by atoms with Crippen LogP contribution in [0.25, 0.3) is 0 Å². The second-order valence-corrected chi connectivity index (χ2v) is 7.74. The van der Waals surface area contributed by atoms with Crippen molar-refractivity contribution in [2.24, 2.45) is 5.41 Å². The number of carbonyl (C=O) groups is 2. The van der Waals surface area contributed by atoms with E-state index in [0.29, 0.717) is 27.7 Å². The Hall–Kier alpha value is -2.05. The summed E-state index contributed by atoms with van der Waals surface area (Å²) in [5, 5.41) is 5.97. The van der Waals surface area contributed by atoms with Gasteiger partial charge in [-0.05, 0) is 50.2 Å². The van der Waals surface area contributed by atoms with E-state index in [1.807, 2.05) is 13.8 Å². The zero-order chi connectivity index (χ0) is 18.2. The van der Waals surface area contributed by atoms with Crippen molar-refractivity contribution in [3.63, 3.8) is 0 Å². The lowest BCUT2D eigenvalue weighted by Crippen LogP contribution is -2.33. The third-order valence-corrected chi connectivity index (χ3v) is 4.68. The van der Waals surface area contributed by atoms with Crippen molar-refractivity contribution in [3.8, 4) is 5.75 Å². The number of anilines is 2. The molecule has 25 heavy (non-hydrogen) atoms. The Bertz CT molecular complexity index is 867. The molecule has 5 nitrogen and oxygen atoms in total. The smallest absolute Gasteiger partial charge is 0.257 e. The molecule has 1 heterocycles. The van der Waals surface area contributed by atoms with E-state index < -0.39 is 5.41 Å². The molecule has 1 aliphatic rings. The first-order chi connectivity index (χ1) is 11.8. The fraction of sp³-hybridized carbons (Fsp3) is 0.222. The van der Waals surface area contributed by atoms with Gasteiger partial charge in [0.1, 0.15) is 12.4 Å². The normalized spacial score (nSPS) is 15.4. The molecule has 0 radical (unpaired) electrons. The second kappa shape index (κ2) is 6.69. The average molecular weight is 424 g/mol. The first-order valence-electron chi connectivity index (χ1n) is 7.61. The van der Waals surface area contributed by atoms with Crippen LogP contribution in [0.2, 0.25) is 5.02 Å². The van der Waals surface area contributed by atoms with Gasteiger partial charge in [0.25, 0.3) is 5.91 Å². The second-order valence-electron chi connectivity index (χ2n) is 6.42. The minimum Gasteiger partial charge on any atom is -0.490 e. The molecule has 0 spiro atoms. The molecule has 2 aromatic rings. The molecule has 0 saturated heterocycles. The van der Waals surface area contributed by atoms with E-state index >= 15 is 0 Å². The van der Waals surface area contributed by atoms with Crippen molar-refractivity contribution >= 4 is 50.7 Å². The van der Waals surface area contributed by atoms with Gasteiger partial charge >= 0.3 is 0 Å². The Morgan fingerprint density at radius 1 is 1.28 bits per heavy atom. The van der Waals surface area contributed by atoms with E-state index in [0.717, 1.165) is 4.47 Å². The predicted molar refractivity (Wildman–Crippen MR) is 101 cm³/mol. The van der Waals surface area contributed by atoms with Crippen LogP contribution in [0.5, 0.6) is 5.75 Å². The van der Waals surface area contributed by atoms with Crippen LogP contribution >= 0.6 is 27.5 Å². The van der Waals surface area contributed by atoms with Gasteiger partial charge < -0.3 is 15.4 Å². The van der Waals surface area contributed by atoms with Crippen LogP contribution < -0.4 is 15.4 Å². The first kappa shape index (κ1) is 17.8. The first-order valence-corrected chi connectivity index (χ1v) is 8.78. The van der Waals surface area contributed by atoms with Crippen LogP contribution in [0.1, 0.15) is 24.2 Å². The molecule has 2 amide bonds. The summed E-state index contributed by atoms with van der Waals surface area (Å²) >= 11 is 9.41. The lowest BCUT2D eigenvalue weighted by atomic mass is 9.94. The lowest BCUT2D eigenvalue weighted by molar-refractivity contribution is -0.124. The van der Waals surface area contributed by atoms with Gasteiger partial charge in [0.05, 0.1) is 21.7 Å². The third kappa shape index (κ3) is 3.80. The molecule has 0 atom stereocenters. The van der Waals surface area contributed by atoms with Gasteiger partial charge in [-0.25, -0.2) is 0 Å². The van der Waals surface area contributed by atoms with Crippen molar-refractivity contribution < 1.29 is 14.3 Å². The van der Waals surface area contributed by atoms with Gasteiger partial charge in [-0.3, -0.25) is 9.59 Å². The number of fused-ring (bicyclic) bond motifs is 1. The molecule has 0 bridgehead atoms. The van der Waals surface area contributed by atoms with E-state index in [9.17, 15) is 9.59 Å². The Morgan fingerprint density at radius 2 is 2.04 bits per heavy atom. The zero-order valence-electron chi connectivity index (χ0n) is 13.7. The highest BCUT2D eigenvalue weighted by Gasteiger charge is 2.32. The Morgan fingerprint density at radius 3 is 2.80 bits per heavy atom. The molecule has 0 aliphatic carbocycles. The standard InChI is InChI=1S/C18H16BrClN2O3/c1-18(2)9-25-15-6-4-11(8-14(15)22-17(18)24)21-16(23)12-7-10(19)3-5-13(12)20/h3-8H,9H2,1-2H3,(H,21,23)(H,22,24). The van der Waals surface area contributed by atoms with E-state index in [1.54, 1.807) is 36.4 Å². The number of hydrogen-bond donors (Lipinski definition) is 2. The maximum Gasteiger partial charge on any atom is 0.257 e.